The summed E-state index contributed by atoms with van der Waals surface area (Å²) in [6.07, 6.45) is 1.09. The van der Waals surface area contributed by atoms with E-state index in [-0.39, 0.29) is 72.9 Å². The lowest BCUT2D eigenvalue weighted by molar-refractivity contribution is -0.114. The first-order valence-electron chi connectivity index (χ1n) is 20.4. The third kappa shape index (κ3) is 11.5. The number of hydrogen-bond donors (Lipinski definition) is 1. The quantitative estimate of drug-likeness (QED) is 0.147. The first-order valence-corrected chi connectivity index (χ1v) is 21.5. The van der Waals surface area contributed by atoms with E-state index in [0.29, 0.717) is 28.4 Å². The van der Waals surface area contributed by atoms with E-state index in [4.69, 9.17) is 49.0 Å². The van der Waals surface area contributed by atoms with Crippen molar-refractivity contribution in [3.63, 3.8) is 0 Å². The topological polar surface area (TPSA) is 99.1 Å². The zero-order valence-electron chi connectivity index (χ0n) is 37.1. The number of aromatic hydroxyl groups is 1. The molecule has 0 atom stereocenters. The average molecular weight is 878 g/mol. The van der Waals surface area contributed by atoms with Crippen LogP contribution in [0.4, 0.5) is 0 Å². The molecule has 0 aliphatic heterocycles. The molecule has 1 N–H and O–H groups in total. The van der Waals surface area contributed by atoms with E-state index < -0.39 is 15.7 Å². The van der Waals surface area contributed by atoms with Crippen LogP contribution in [-0.4, -0.2) is 40.7 Å². The van der Waals surface area contributed by atoms with E-state index in [1.54, 1.807) is 0 Å². The minimum absolute atomic E-state index is 0.126. The maximum Gasteiger partial charge on any atom is 0.259 e. The Morgan fingerprint density at radius 1 is 0.417 bits per heavy atom. The summed E-state index contributed by atoms with van der Waals surface area (Å²) in [6, 6.07) is 16.6. The molecule has 0 amide bonds. The van der Waals surface area contributed by atoms with E-state index in [1.807, 2.05) is 12.1 Å². The Labute approximate surface area is 371 Å². The van der Waals surface area contributed by atoms with Gasteiger partial charge in [-0.05, 0) is 123 Å². The molecule has 5 rings (SSSR count). The Balaban J connectivity index is 2.01. The number of halogens is 3. The largest absolute Gasteiger partial charge is 0.507 e. The SMILES string of the molecule is CC(C)(C)c1cc2c(O)c(c1)Cc1cc(C(C)(C)C)cc(c1OCC(=O)Cl)Cc1cc(C(C)(C)C)cc(c1OCC(=O)Cl)Cc1cc(C(C)(C)C)cc(c1OCC(=O)Cl)C2. The van der Waals surface area contributed by atoms with Gasteiger partial charge in [-0.25, -0.2) is 0 Å². The second-order valence-electron chi connectivity index (χ2n) is 20.2. The van der Waals surface area contributed by atoms with Crippen LogP contribution < -0.4 is 14.2 Å². The fourth-order valence-corrected chi connectivity index (χ4v) is 7.74. The summed E-state index contributed by atoms with van der Waals surface area (Å²) in [5.74, 6) is 1.57. The molecule has 0 saturated carbocycles. The van der Waals surface area contributed by atoms with Gasteiger partial charge in [0.1, 0.15) is 23.0 Å². The van der Waals surface area contributed by atoms with Gasteiger partial charge in [0.25, 0.3) is 15.7 Å². The number of phenolic OH excluding ortho intramolecular Hbond substituents is 1. The maximum absolute atomic E-state index is 12.4. The summed E-state index contributed by atoms with van der Waals surface area (Å²) in [5.41, 5.74) is 8.84. The van der Waals surface area contributed by atoms with Crippen LogP contribution >= 0.6 is 34.8 Å². The molecule has 0 radical (unpaired) electrons. The Bertz CT molecular complexity index is 2180. The molecule has 0 heterocycles. The minimum Gasteiger partial charge on any atom is -0.507 e. The third-order valence-electron chi connectivity index (χ3n) is 11.0. The van der Waals surface area contributed by atoms with Crippen molar-refractivity contribution in [1.29, 1.82) is 0 Å². The summed E-state index contributed by atoms with van der Waals surface area (Å²) < 4.78 is 19.1. The second-order valence-corrected chi connectivity index (χ2v) is 21.4. The summed E-state index contributed by atoms with van der Waals surface area (Å²) in [5, 5.41) is 10.4. The standard InChI is InChI=1S/C50H59Cl3O7/c1-47(2,3)36-17-28-13-30-19-37(48(4,5)6)21-32(44(30)58-25-40(51)54)15-34-23-39(50(10,11)12)24-35(46(34)60-27-42(53)56)16-33-22-38(49(7,8)9)20-31(14-29(18-36)43(28)57)45(33)59-26-41(52)55/h17-24,57H,13-16,25-27H2,1-12H3. The van der Waals surface area contributed by atoms with Crippen LogP contribution in [0.3, 0.4) is 0 Å². The molecular formula is C50H59Cl3O7. The number of carbonyl (C=O) groups is 3. The Kier molecular flexibility index (Phi) is 13.9. The number of rotatable bonds is 9. The normalized spacial score (nSPS) is 13.4. The molecule has 322 valence electrons. The highest BCUT2D eigenvalue weighted by atomic mass is 35.5. The van der Waals surface area contributed by atoms with E-state index in [0.717, 1.165) is 55.6 Å². The molecule has 4 aromatic carbocycles. The van der Waals surface area contributed by atoms with Gasteiger partial charge >= 0.3 is 0 Å². The lowest BCUT2D eigenvalue weighted by Crippen LogP contribution is -2.18. The van der Waals surface area contributed by atoms with E-state index in [2.05, 4.69) is 119 Å². The maximum atomic E-state index is 12.4. The lowest BCUT2D eigenvalue weighted by Gasteiger charge is -2.28. The van der Waals surface area contributed by atoms with Gasteiger partial charge in [-0.3, -0.25) is 14.4 Å². The van der Waals surface area contributed by atoms with Crippen LogP contribution in [0.15, 0.2) is 48.5 Å². The molecule has 0 aromatic heterocycles. The van der Waals surface area contributed by atoms with Crippen molar-refractivity contribution < 1.29 is 33.7 Å². The van der Waals surface area contributed by atoms with E-state index >= 15 is 0 Å². The monoisotopic (exact) mass is 876 g/mol. The van der Waals surface area contributed by atoms with Crippen LogP contribution in [0.5, 0.6) is 23.0 Å². The van der Waals surface area contributed by atoms with Crippen LogP contribution in [-0.2, 0) is 61.7 Å². The molecule has 0 fully saturated rings. The Morgan fingerprint density at radius 3 is 0.783 bits per heavy atom. The van der Waals surface area contributed by atoms with E-state index in [9.17, 15) is 19.5 Å². The molecule has 7 nitrogen and oxygen atoms in total. The molecule has 60 heavy (non-hydrogen) atoms. The second kappa shape index (κ2) is 17.7. The molecule has 4 aromatic rings. The van der Waals surface area contributed by atoms with E-state index in [1.165, 1.54) is 0 Å². The number of carbonyl (C=O) groups excluding carboxylic acids is 3. The summed E-state index contributed by atoms with van der Waals surface area (Å²) in [7, 11) is 0. The van der Waals surface area contributed by atoms with Crippen LogP contribution in [0.2, 0.25) is 0 Å². The minimum atomic E-state index is -0.659. The molecule has 1 aliphatic rings. The van der Waals surface area contributed by atoms with Crippen molar-refractivity contribution in [2.75, 3.05) is 19.8 Å². The van der Waals surface area contributed by atoms with Crippen molar-refractivity contribution in [2.45, 2.75) is 130 Å². The number of hydrogen-bond acceptors (Lipinski definition) is 7. The number of fused-ring (bicyclic) bond motifs is 8. The number of benzene rings is 4. The van der Waals surface area contributed by atoms with Crippen molar-refractivity contribution in [3.05, 3.63) is 115 Å². The molecular weight excluding hydrogens is 819 g/mol. The van der Waals surface area contributed by atoms with Crippen molar-refractivity contribution >= 4 is 50.5 Å². The Hall–Kier alpha value is -4.04. The first kappa shape index (κ1) is 47.0. The van der Waals surface area contributed by atoms with Gasteiger partial charge in [0.15, 0.2) is 19.8 Å². The Morgan fingerprint density at radius 2 is 0.600 bits per heavy atom. The molecule has 0 saturated heterocycles. The van der Waals surface area contributed by atoms with Crippen LogP contribution in [0, 0.1) is 0 Å². The smallest absolute Gasteiger partial charge is 0.259 e. The van der Waals surface area contributed by atoms with Gasteiger partial charge < -0.3 is 19.3 Å². The molecule has 10 heteroatoms. The molecule has 1 aliphatic carbocycles. The highest BCUT2D eigenvalue weighted by molar-refractivity contribution is 6.64. The summed E-state index contributed by atoms with van der Waals surface area (Å²) in [6.45, 7) is 24.5. The fraction of sp³-hybridized carbons (Fsp3) is 0.460. The molecule has 8 bridgehead atoms. The number of ether oxygens (including phenoxy) is 3. The van der Waals surface area contributed by atoms with Gasteiger partial charge in [-0.1, -0.05) is 132 Å². The lowest BCUT2D eigenvalue weighted by atomic mass is 9.79. The van der Waals surface area contributed by atoms with Gasteiger partial charge in [0.2, 0.25) is 0 Å². The van der Waals surface area contributed by atoms with Crippen LogP contribution in [0.25, 0.3) is 0 Å². The summed E-state index contributed by atoms with van der Waals surface area (Å²) >= 11 is 17.8. The van der Waals surface area contributed by atoms with Crippen molar-refractivity contribution in [2.24, 2.45) is 0 Å². The van der Waals surface area contributed by atoms with Gasteiger partial charge in [-0.2, -0.15) is 0 Å². The zero-order valence-corrected chi connectivity index (χ0v) is 39.4. The predicted molar refractivity (Wildman–Crippen MR) is 243 cm³/mol. The predicted octanol–water partition coefficient (Wildman–Crippen LogP) is 11.7. The highest BCUT2D eigenvalue weighted by Crippen LogP contribution is 2.44. The highest BCUT2D eigenvalue weighted by Gasteiger charge is 2.29. The molecule has 0 unspecified atom stereocenters. The van der Waals surface area contributed by atoms with Crippen LogP contribution in [0.1, 0.15) is 150 Å². The van der Waals surface area contributed by atoms with Gasteiger partial charge in [-0.15, -0.1) is 0 Å². The molecule has 0 spiro atoms. The van der Waals surface area contributed by atoms with Gasteiger partial charge in [0, 0.05) is 25.7 Å². The van der Waals surface area contributed by atoms with Gasteiger partial charge in [0.05, 0.1) is 0 Å². The first-order chi connectivity index (χ1) is 27.6. The number of phenols is 1. The average Bonchev–Trinajstić information content (AvgIpc) is 3.09. The van der Waals surface area contributed by atoms with Crippen molar-refractivity contribution in [3.8, 4) is 23.0 Å². The summed E-state index contributed by atoms with van der Waals surface area (Å²) in [4.78, 5) is 37.1. The third-order valence-corrected chi connectivity index (χ3v) is 11.3. The zero-order chi connectivity index (χ0) is 44.7. The fourth-order valence-electron chi connectivity index (χ4n) is 7.58. The van der Waals surface area contributed by atoms with Crippen molar-refractivity contribution in [1.82, 2.24) is 0 Å².